The lowest BCUT2D eigenvalue weighted by Gasteiger charge is -2.06. The fourth-order valence-electron chi connectivity index (χ4n) is 1.99. The molecule has 7 heteroatoms. The summed E-state index contributed by atoms with van der Waals surface area (Å²) >= 11 is 3.21. The number of aryl methyl sites for hydroxylation is 1. The Labute approximate surface area is 146 Å². The van der Waals surface area contributed by atoms with Crippen LogP contribution in [0.15, 0.2) is 39.2 Å². The number of allylic oxidation sites excluding steroid dienone is 1. The maximum atomic E-state index is 11.9. The number of rotatable bonds is 7. The van der Waals surface area contributed by atoms with E-state index in [1.165, 1.54) is 19.3 Å². The number of ketones is 1. The van der Waals surface area contributed by atoms with Crippen LogP contribution in [0.25, 0.3) is 6.08 Å². The van der Waals surface area contributed by atoms with Gasteiger partial charge in [0.2, 0.25) is 5.76 Å². The zero-order valence-corrected chi connectivity index (χ0v) is 14.4. The molecule has 2 N–H and O–H groups in total. The average molecular weight is 395 g/mol. The predicted octanol–water partition coefficient (Wildman–Crippen LogP) is 3.67. The van der Waals surface area contributed by atoms with Crippen molar-refractivity contribution in [3.63, 3.8) is 0 Å². The highest BCUT2D eigenvalue weighted by molar-refractivity contribution is 9.10. The highest BCUT2D eigenvalue weighted by Gasteiger charge is 2.10. The molecule has 0 aliphatic heterocycles. The summed E-state index contributed by atoms with van der Waals surface area (Å²) in [7, 11) is 1.44. The first-order chi connectivity index (χ1) is 11.4. The van der Waals surface area contributed by atoms with Gasteiger partial charge >= 0.3 is 5.97 Å². The van der Waals surface area contributed by atoms with Gasteiger partial charge in [0, 0.05) is 12.8 Å². The number of halogens is 1. The van der Waals surface area contributed by atoms with Crippen molar-refractivity contribution in [3.05, 3.63) is 51.9 Å². The summed E-state index contributed by atoms with van der Waals surface area (Å²) < 4.78 is 10.6. The predicted molar refractivity (Wildman–Crippen MR) is 90.4 cm³/mol. The lowest BCUT2D eigenvalue weighted by atomic mass is 10.1. The minimum Gasteiger partial charge on any atom is -0.503 e. The molecule has 1 aromatic carbocycles. The number of benzene rings is 1. The zero-order valence-electron chi connectivity index (χ0n) is 12.8. The van der Waals surface area contributed by atoms with Crippen molar-refractivity contribution in [2.24, 2.45) is 0 Å². The summed E-state index contributed by atoms with van der Waals surface area (Å²) in [5, 5.41) is 18.5. The van der Waals surface area contributed by atoms with Crippen LogP contribution in [0.5, 0.6) is 11.5 Å². The van der Waals surface area contributed by atoms with Gasteiger partial charge in [-0.25, -0.2) is 4.79 Å². The van der Waals surface area contributed by atoms with Crippen LogP contribution in [-0.4, -0.2) is 29.1 Å². The third kappa shape index (κ3) is 4.48. The van der Waals surface area contributed by atoms with Crippen molar-refractivity contribution in [1.29, 1.82) is 0 Å². The van der Waals surface area contributed by atoms with Crippen LogP contribution in [0, 0.1) is 0 Å². The summed E-state index contributed by atoms with van der Waals surface area (Å²) in [6.45, 7) is 0. The first-order valence-corrected chi connectivity index (χ1v) is 7.79. The van der Waals surface area contributed by atoms with E-state index in [0.29, 0.717) is 28.0 Å². The molecule has 0 aliphatic carbocycles. The first kappa shape index (κ1) is 17.8. The number of phenolic OH excluding ortho intramolecular Hbond substituents is 1. The lowest BCUT2D eigenvalue weighted by Crippen LogP contribution is -1.96. The van der Waals surface area contributed by atoms with Gasteiger partial charge in [0.05, 0.1) is 11.6 Å². The van der Waals surface area contributed by atoms with Crippen molar-refractivity contribution >= 4 is 33.8 Å². The molecule has 6 nitrogen and oxygen atoms in total. The Kier molecular flexibility index (Phi) is 5.81. The largest absolute Gasteiger partial charge is 0.503 e. The van der Waals surface area contributed by atoms with Crippen LogP contribution in [0.3, 0.4) is 0 Å². The lowest BCUT2D eigenvalue weighted by molar-refractivity contribution is -0.114. The number of aromatic carboxylic acids is 1. The van der Waals surface area contributed by atoms with E-state index in [9.17, 15) is 14.7 Å². The van der Waals surface area contributed by atoms with Gasteiger partial charge in [0.15, 0.2) is 17.3 Å². The summed E-state index contributed by atoms with van der Waals surface area (Å²) in [5.41, 5.74) is 0.691. The average Bonchev–Trinajstić information content (AvgIpc) is 3.03. The number of hydrogen-bond acceptors (Lipinski definition) is 5. The molecule has 0 saturated heterocycles. The van der Waals surface area contributed by atoms with E-state index in [4.69, 9.17) is 14.3 Å². The Morgan fingerprint density at radius 3 is 2.71 bits per heavy atom. The monoisotopic (exact) mass is 394 g/mol. The van der Waals surface area contributed by atoms with Crippen molar-refractivity contribution < 1.29 is 29.0 Å². The molecule has 1 heterocycles. The van der Waals surface area contributed by atoms with Crippen molar-refractivity contribution in [2.45, 2.75) is 12.8 Å². The quantitative estimate of drug-likeness (QED) is 0.695. The van der Waals surface area contributed by atoms with Gasteiger partial charge in [-0.2, -0.15) is 0 Å². The maximum absolute atomic E-state index is 11.9. The summed E-state index contributed by atoms with van der Waals surface area (Å²) in [6.07, 6.45) is 3.54. The maximum Gasteiger partial charge on any atom is 0.371 e. The van der Waals surface area contributed by atoms with Crippen molar-refractivity contribution in [1.82, 2.24) is 0 Å². The fraction of sp³-hybridized carbons (Fsp3) is 0.176. The number of carboxylic acid groups (broad SMARTS) is 1. The van der Waals surface area contributed by atoms with Gasteiger partial charge < -0.3 is 19.4 Å². The molecule has 0 radical (unpaired) electrons. The van der Waals surface area contributed by atoms with E-state index in [1.807, 2.05) is 0 Å². The van der Waals surface area contributed by atoms with Crippen molar-refractivity contribution in [3.8, 4) is 11.5 Å². The highest BCUT2D eigenvalue weighted by atomic mass is 79.9. The molecule has 0 fully saturated rings. The van der Waals surface area contributed by atoms with Crippen LogP contribution in [0.1, 0.15) is 28.3 Å². The molecular weight excluding hydrogens is 380 g/mol. The summed E-state index contributed by atoms with van der Waals surface area (Å²) in [5.74, 6) is -0.677. The minimum atomic E-state index is -1.14. The molecule has 2 rings (SSSR count). The number of hydrogen-bond donors (Lipinski definition) is 2. The first-order valence-electron chi connectivity index (χ1n) is 7.00. The van der Waals surface area contributed by atoms with Crippen LogP contribution < -0.4 is 4.74 Å². The molecule has 24 heavy (non-hydrogen) atoms. The summed E-state index contributed by atoms with van der Waals surface area (Å²) in [4.78, 5) is 22.6. The van der Waals surface area contributed by atoms with Gasteiger partial charge in [-0.15, -0.1) is 0 Å². The summed E-state index contributed by atoms with van der Waals surface area (Å²) in [6, 6.07) is 6.17. The molecule has 1 aromatic heterocycles. The molecular formula is C17H15BrO6. The Morgan fingerprint density at radius 2 is 2.08 bits per heavy atom. The second kappa shape index (κ2) is 7.83. The van der Waals surface area contributed by atoms with Crippen molar-refractivity contribution in [2.75, 3.05) is 7.11 Å². The Bertz CT molecular complexity index is 790. The smallest absolute Gasteiger partial charge is 0.371 e. The third-order valence-corrected chi connectivity index (χ3v) is 3.83. The number of carboxylic acids is 1. The topological polar surface area (TPSA) is 97.0 Å². The van der Waals surface area contributed by atoms with Crippen LogP contribution in [0.4, 0.5) is 0 Å². The Morgan fingerprint density at radius 1 is 1.33 bits per heavy atom. The highest BCUT2D eigenvalue weighted by Crippen LogP contribution is 2.35. The van der Waals surface area contributed by atoms with E-state index >= 15 is 0 Å². The normalized spacial score (nSPS) is 10.9. The van der Waals surface area contributed by atoms with E-state index in [2.05, 4.69) is 15.9 Å². The van der Waals surface area contributed by atoms with Gasteiger partial charge in [-0.05, 0) is 51.8 Å². The van der Waals surface area contributed by atoms with Crippen LogP contribution in [-0.2, 0) is 11.2 Å². The molecule has 0 spiro atoms. The Hall–Kier alpha value is -2.54. The number of ether oxygens (including phenoxy) is 1. The standard InChI is InChI=1S/C17H15BrO6/c1-23-15-9-10(8-13(18)16(15)20)2-3-11(19)4-5-12-6-7-14(24-12)17(21)22/h2-3,6-9,20H,4-5H2,1H3,(H,21,22). The number of methoxy groups -OCH3 is 1. The van der Waals surface area contributed by atoms with E-state index in [0.717, 1.165) is 0 Å². The molecule has 0 bridgehead atoms. The molecule has 126 valence electrons. The minimum absolute atomic E-state index is 0.00645. The second-order valence-electron chi connectivity index (χ2n) is 4.92. The molecule has 0 unspecified atom stereocenters. The SMILES string of the molecule is COc1cc(C=CC(=O)CCc2ccc(C(=O)O)o2)cc(Br)c1O. The van der Waals surface area contributed by atoms with Gasteiger partial charge in [0.1, 0.15) is 5.76 Å². The second-order valence-corrected chi connectivity index (χ2v) is 5.78. The van der Waals surface area contributed by atoms with Crippen LogP contribution >= 0.6 is 15.9 Å². The van der Waals surface area contributed by atoms with Gasteiger partial charge in [-0.1, -0.05) is 6.08 Å². The molecule has 0 saturated carbocycles. The number of carbonyl (C=O) groups is 2. The third-order valence-electron chi connectivity index (χ3n) is 3.22. The van der Waals surface area contributed by atoms with Gasteiger partial charge in [0.25, 0.3) is 0 Å². The van der Waals surface area contributed by atoms with E-state index in [1.54, 1.807) is 24.3 Å². The Balaban J connectivity index is 1.97. The fourth-order valence-corrected chi connectivity index (χ4v) is 2.45. The number of carbonyl (C=O) groups excluding carboxylic acids is 1. The molecule has 2 aromatic rings. The van der Waals surface area contributed by atoms with Crippen LogP contribution in [0.2, 0.25) is 0 Å². The van der Waals surface area contributed by atoms with E-state index < -0.39 is 5.97 Å². The molecule has 0 aliphatic rings. The molecule has 0 amide bonds. The number of aromatic hydroxyl groups is 1. The number of phenols is 1. The van der Waals surface area contributed by atoms with E-state index in [-0.39, 0.29) is 23.7 Å². The number of furan rings is 1. The zero-order chi connectivity index (χ0) is 17.7. The molecule has 0 atom stereocenters. The van der Waals surface area contributed by atoms with Gasteiger partial charge in [-0.3, -0.25) is 4.79 Å².